The first-order valence-electron chi connectivity index (χ1n) is 20.3. The Morgan fingerprint density at radius 2 is 1.48 bits per heavy atom. The topological polar surface area (TPSA) is 112 Å². The molecule has 6 atom stereocenters. The Kier molecular flexibility index (Phi) is 10.2. The Balaban J connectivity index is 0.991. The van der Waals surface area contributed by atoms with Crippen molar-refractivity contribution >= 4 is 17.6 Å². The van der Waals surface area contributed by atoms with Crippen LogP contribution in [0.1, 0.15) is 133 Å². The number of benzene rings is 2. The second-order valence-corrected chi connectivity index (χ2v) is 18.4. The molecule has 9 rings (SSSR count). The van der Waals surface area contributed by atoms with Gasteiger partial charge < -0.3 is 30.5 Å². The first-order chi connectivity index (χ1) is 25.0. The van der Waals surface area contributed by atoms with Gasteiger partial charge in [0.15, 0.2) is 6.29 Å². The fourth-order valence-corrected chi connectivity index (χ4v) is 11.4. The smallest absolute Gasteiger partial charge is 0.319 e. The number of ether oxygens (including phenoxy) is 2. The number of urea groups is 1. The summed E-state index contributed by atoms with van der Waals surface area (Å²) < 4.78 is 13.5. The highest BCUT2D eigenvalue weighted by atomic mass is 16.7. The van der Waals surface area contributed by atoms with E-state index in [9.17, 15) is 14.7 Å². The molecule has 0 aromatic heterocycles. The van der Waals surface area contributed by atoms with Gasteiger partial charge in [-0.25, -0.2) is 4.79 Å². The molecule has 0 radical (unpaired) electrons. The van der Waals surface area contributed by atoms with Crippen LogP contribution in [0.15, 0.2) is 48.5 Å². The molecule has 5 saturated carbocycles. The lowest BCUT2D eigenvalue weighted by atomic mass is 9.53. The van der Waals surface area contributed by atoms with Crippen LogP contribution in [0, 0.1) is 23.7 Å². The van der Waals surface area contributed by atoms with Crippen LogP contribution >= 0.6 is 0 Å². The first kappa shape index (κ1) is 36.0. The average Bonchev–Trinajstić information content (AvgIpc) is 3.10. The number of anilines is 1. The van der Waals surface area contributed by atoms with E-state index in [4.69, 9.17) is 9.47 Å². The van der Waals surface area contributed by atoms with Gasteiger partial charge in [0.2, 0.25) is 5.91 Å². The number of carbonyl (C=O) groups excluding carboxylic acids is 2. The van der Waals surface area contributed by atoms with Gasteiger partial charge in [-0.1, -0.05) is 49.2 Å². The summed E-state index contributed by atoms with van der Waals surface area (Å²) in [5.41, 5.74) is 3.22. The molecule has 4 N–H and O–H groups in total. The maximum Gasteiger partial charge on any atom is 0.319 e. The monoisotopic (exact) mass is 712 g/mol. The standard InChI is InChI=1S/C43H60N4O5/c1-42(2,3)45-39(49)37-17-14-31-6-4-5-7-36(31)47(37)25-35-21-38(32-10-8-27(26-48)9-11-32)52-40(51-35)33-12-15-34(16-13-33)44-41(50)46-43-22-28-18-29(23-43)20-30(19-28)24-43/h8-13,15-16,28-31,35-38,40,48H,4-7,14,17-26H2,1-3H3,(H,45,49)(H2,44,46,50)/t28?,29?,30?,31-,35+,36-,37-,38-,40-,43?/m1/s1. The van der Waals surface area contributed by atoms with E-state index in [2.05, 4.69) is 41.6 Å². The van der Waals surface area contributed by atoms with Gasteiger partial charge in [0, 0.05) is 41.3 Å². The van der Waals surface area contributed by atoms with Gasteiger partial charge in [-0.3, -0.25) is 9.69 Å². The molecule has 2 saturated heterocycles. The van der Waals surface area contributed by atoms with E-state index in [1.54, 1.807) is 0 Å². The Morgan fingerprint density at radius 3 is 2.13 bits per heavy atom. The summed E-state index contributed by atoms with van der Waals surface area (Å²) in [6, 6.07) is 16.0. The molecule has 0 spiro atoms. The van der Waals surface area contributed by atoms with Gasteiger partial charge in [-0.15, -0.1) is 0 Å². The summed E-state index contributed by atoms with van der Waals surface area (Å²) >= 11 is 0. The molecule has 9 nitrogen and oxygen atoms in total. The molecule has 5 aliphatic carbocycles. The van der Waals surface area contributed by atoms with Crippen LogP contribution in [0.5, 0.6) is 0 Å². The lowest BCUT2D eigenvalue weighted by Gasteiger charge is -2.56. The van der Waals surface area contributed by atoms with Crippen molar-refractivity contribution in [1.29, 1.82) is 0 Å². The minimum Gasteiger partial charge on any atom is -0.392 e. The van der Waals surface area contributed by atoms with Crippen LogP contribution in [0.4, 0.5) is 10.5 Å². The van der Waals surface area contributed by atoms with Gasteiger partial charge in [0.1, 0.15) is 0 Å². The SMILES string of the molecule is CC(C)(C)NC(=O)[C@H]1CC[C@H]2CCCC[C@H]2N1C[C@@H]1C[C@H](c2ccc(CO)cc2)O[C@H](c2ccc(NC(=O)NC34CC5CC(CC(C5)C3)C4)cc2)O1. The number of hydrogen-bond acceptors (Lipinski definition) is 6. The number of carbonyl (C=O) groups is 2. The number of rotatable bonds is 8. The molecule has 9 heteroatoms. The maximum atomic E-state index is 13.8. The Bertz CT molecular complexity index is 1540. The molecular formula is C43H60N4O5. The van der Waals surface area contributed by atoms with Crippen LogP contribution in [-0.4, -0.2) is 57.8 Å². The number of fused-ring (bicyclic) bond motifs is 1. The molecule has 4 bridgehead atoms. The van der Waals surface area contributed by atoms with Gasteiger partial charge in [0.05, 0.1) is 24.9 Å². The quantitative estimate of drug-likeness (QED) is 0.223. The number of nitrogens with one attached hydrogen (secondary N) is 3. The number of piperidine rings is 1. The van der Waals surface area contributed by atoms with Crippen LogP contribution in [0.25, 0.3) is 0 Å². The van der Waals surface area contributed by atoms with Crippen LogP contribution in [0.3, 0.4) is 0 Å². The first-order valence-corrected chi connectivity index (χ1v) is 20.3. The third-order valence-electron chi connectivity index (χ3n) is 13.2. The lowest BCUT2D eigenvalue weighted by Crippen LogP contribution is -2.61. The summed E-state index contributed by atoms with van der Waals surface area (Å²) in [6.45, 7) is 6.82. The van der Waals surface area contributed by atoms with E-state index in [0.29, 0.717) is 24.9 Å². The van der Waals surface area contributed by atoms with Crippen LogP contribution in [-0.2, 0) is 20.9 Å². The Hall–Kier alpha value is -2.98. The fourth-order valence-electron chi connectivity index (χ4n) is 11.4. The Labute approximate surface area is 310 Å². The Morgan fingerprint density at radius 1 is 0.827 bits per heavy atom. The third kappa shape index (κ3) is 7.94. The van der Waals surface area contributed by atoms with Crippen molar-refractivity contribution in [1.82, 2.24) is 15.5 Å². The molecule has 7 fully saturated rings. The fraction of sp³-hybridized carbons (Fsp3) is 0.674. The molecule has 2 aromatic carbocycles. The molecular weight excluding hydrogens is 652 g/mol. The summed E-state index contributed by atoms with van der Waals surface area (Å²) in [7, 11) is 0. The maximum absolute atomic E-state index is 13.8. The zero-order chi connectivity index (χ0) is 36.0. The van der Waals surface area contributed by atoms with E-state index in [1.807, 2.05) is 48.5 Å². The number of hydrogen-bond donors (Lipinski definition) is 4. The highest BCUT2D eigenvalue weighted by molar-refractivity contribution is 5.89. The summed E-state index contributed by atoms with van der Waals surface area (Å²) in [6.07, 6.45) is 13.9. The van der Waals surface area contributed by atoms with Crippen molar-refractivity contribution in [3.05, 3.63) is 65.2 Å². The van der Waals surface area contributed by atoms with Gasteiger partial charge >= 0.3 is 6.03 Å². The zero-order valence-corrected chi connectivity index (χ0v) is 31.4. The van der Waals surface area contributed by atoms with Crippen LogP contribution in [0.2, 0.25) is 0 Å². The predicted molar refractivity (Wildman–Crippen MR) is 201 cm³/mol. The predicted octanol–water partition coefficient (Wildman–Crippen LogP) is 7.75. The van der Waals surface area contributed by atoms with Crippen molar-refractivity contribution in [2.24, 2.45) is 23.7 Å². The minimum absolute atomic E-state index is 0.00333. The van der Waals surface area contributed by atoms with E-state index in [-0.39, 0.29) is 47.9 Å². The van der Waals surface area contributed by atoms with Gasteiger partial charge in [0.25, 0.3) is 0 Å². The van der Waals surface area contributed by atoms with Gasteiger partial charge in [-0.2, -0.15) is 0 Å². The number of amides is 3. The second kappa shape index (κ2) is 14.7. The summed E-state index contributed by atoms with van der Waals surface area (Å²) in [5, 5.41) is 19.5. The van der Waals surface area contributed by atoms with Crippen LogP contribution < -0.4 is 16.0 Å². The highest BCUT2D eigenvalue weighted by Gasteiger charge is 2.51. The number of aliphatic hydroxyl groups excluding tert-OH is 1. The van der Waals surface area contributed by atoms with E-state index in [0.717, 1.165) is 78.7 Å². The molecule has 0 unspecified atom stereocenters. The number of nitrogens with zero attached hydrogens (tertiary/aromatic N) is 1. The molecule has 2 aromatic rings. The number of likely N-dealkylation sites (tertiary alicyclic amines) is 1. The lowest BCUT2D eigenvalue weighted by molar-refractivity contribution is -0.255. The zero-order valence-electron chi connectivity index (χ0n) is 31.4. The molecule has 2 aliphatic heterocycles. The minimum atomic E-state index is -0.607. The molecule has 7 aliphatic rings. The number of aliphatic hydroxyl groups is 1. The molecule has 3 amide bonds. The van der Waals surface area contributed by atoms with E-state index >= 15 is 0 Å². The normalized spacial score (nSPS) is 35.8. The highest BCUT2D eigenvalue weighted by Crippen LogP contribution is 2.55. The molecule has 52 heavy (non-hydrogen) atoms. The van der Waals surface area contributed by atoms with Crippen molar-refractivity contribution in [3.8, 4) is 0 Å². The van der Waals surface area contributed by atoms with Crippen molar-refractivity contribution in [3.63, 3.8) is 0 Å². The molecule has 2 heterocycles. The van der Waals surface area contributed by atoms with Crippen molar-refractivity contribution < 1.29 is 24.2 Å². The van der Waals surface area contributed by atoms with Crippen molar-refractivity contribution in [2.45, 2.75) is 153 Å². The third-order valence-corrected chi connectivity index (χ3v) is 13.2. The second-order valence-electron chi connectivity index (χ2n) is 18.4. The largest absolute Gasteiger partial charge is 0.392 e. The van der Waals surface area contributed by atoms with Gasteiger partial charge in [-0.05, 0) is 132 Å². The molecule has 282 valence electrons. The summed E-state index contributed by atoms with van der Waals surface area (Å²) in [5.74, 6) is 3.04. The summed E-state index contributed by atoms with van der Waals surface area (Å²) in [4.78, 5) is 29.6. The van der Waals surface area contributed by atoms with E-state index in [1.165, 1.54) is 38.5 Å². The average molecular weight is 713 g/mol. The van der Waals surface area contributed by atoms with Crippen molar-refractivity contribution in [2.75, 3.05) is 11.9 Å². The van der Waals surface area contributed by atoms with E-state index < -0.39 is 6.29 Å².